The molecule has 83 heavy (non-hydrogen) atoms. The van der Waals surface area contributed by atoms with Gasteiger partial charge in [0.15, 0.2) is 5.82 Å². The molecule has 0 bridgehead atoms. The summed E-state index contributed by atoms with van der Waals surface area (Å²) in [5.41, 5.74) is 2.72. The second-order valence-electron chi connectivity index (χ2n) is 22.9. The molecule has 0 spiro atoms. The van der Waals surface area contributed by atoms with Crippen LogP contribution in [0, 0.1) is 24.0 Å². The summed E-state index contributed by atoms with van der Waals surface area (Å²) in [5, 5.41) is 30.2. The molecule has 0 aliphatic carbocycles. The van der Waals surface area contributed by atoms with Crippen molar-refractivity contribution in [2.45, 2.75) is 117 Å². The Hall–Kier alpha value is -6.63. The van der Waals surface area contributed by atoms with E-state index in [0.717, 1.165) is 27.8 Å². The number of thiazole rings is 1. The number of β-amino-alcohol motifs (C(OH)–C–C–N with tert-alkyl or cyclic N) is 1. The van der Waals surface area contributed by atoms with Crippen molar-refractivity contribution in [2.75, 3.05) is 84.7 Å². The van der Waals surface area contributed by atoms with Crippen LogP contribution < -0.4 is 16.0 Å². The molecule has 0 unspecified atom stereocenters. The Bertz CT molecular complexity index is 3080. The molecule has 3 aromatic carbocycles. The third-order valence-electron chi connectivity index (χ3n) is 14.3. The number of aromatic hydroxyl groups is 1. The third kappa shape index (κ3) is 16.8. The fourth-order valence-corrected chi connectivity index (χ4v) is 11.0. The van der Waals surface area contributed by atoms with Crippen molar-refractivity contribution in [2.24, 2.45) is 5.41 Å². The molecule has 0 radical (unpaired) electrons. The Morgan fingerprint density at radius 3 is 2.23 bits per heavy atom. The van der Waals surface area contributed by atoms with E-state index in [1.807, 2.05) is 38.1 Å². The molecular formula is C59H76ClF2N9O11S. The Kier molecular flexibility index (Phi) is 21.8. The molecule has 5 aromatic rings. The number of phenolic OH excluding ortho intramolecular Hbond substituents is 1. The van der Waals surface area contributed by atoms with Crippen molar-refractivity contribution in [3.8, 4) is 27.3 Å². The number of likely N-dealkylation sites (tertiary alicyclic amines) is 2. The highest BCUT2D eigenvalue weighted by Gasteiger charge is 2.45. The van der Waals surface area contributed by atoms with Crippen LogP contribution >= 0.6 is 22.9 Å². The highest BCUT2D eigenvalue weighted by Crippen LogP contribution is 2.43. The first-order valence-corrected chi connectivity index (χ1v) is 29.0. The zero-order valence-corrected chi connectivity index (χ0v) is 50.1. The number of anilines is 1. The molecule has 2 fully saturated rings. The Morgan fingerprint density at radius 1 is 0.916 bits per heavy atom. The molecule has 7 rings (SSSR count). The standard InChI is InChI=1S/C59H76ClF2N9O11S/c1-34(36-13-15-38(16-14-36)52-35(2)64-33-83-52)65-54(76)43-29-39(72)31-71(43)55(77)53(58(3,4)5)66-45(74)32-81-28-27-80-26-25-79-24-23-69(9)46(75)17-20-63-56-67-50(37-18-21-70(22-19-37)57(78)82-59(6,7)8)40-30-41(60)47(49(62)51(40)68-56)48-42(61)11-10-12-44(48)73/h10-16,30,33-34,37,39,43,53,72-73H,17-29,31-32H2,1-9H3,(H,65,76)(H,66,74)(H,63,67,68)/t34-,39+,43-,53+/m0/s1. The minimum absolute atomic E-state index is 0.0145. The van der Waals surface area contributed by atoms with Gasteiger partial charge in [-0.15, -0.1) is 11.3 Å². The molecule has 5 N–H and O–H groups in total. The van der Waals surface area contributed by atoms with Gasteiger partial charge in [0.25, 0.3) is 0 Å². The van der Waals surface area contributed by atoms with Crippen molar-refractivity contribution >= 4 is 69.5 Å². The maximum absolute atomic E-state index is 16.6. The summed E-state index contributed by atoms with van der Waals surface area (Å²) in [7, 11) is 1.63. The van der Waals surface area contributed by atoms with E-state index in [1.54, 1.807) is 70.3 Å². The van der Waals surface area contributed by atoms with E-state index >= 15 is 8.78 Å². The number of aromatic nitrogens is 3. The lowest BCUT2D eigenvalue weighted by Crippen LogP contribution is -2.58. The number of hydrogen-bond donors (Lipinski definition) is 5. The summed E-state index contributed by atoms with van der Waals surface area (Å²) < 4.78 is 54.1. The van der Waals surface area contributed by atoms with E-state index < -0.39 is 76.0 Å². The van der Waals surface area contributed by atoms with Crippen LogP contribution in [0.2, 0.25) is 5.02 Å². The number of aryl methyl sites for hydroxylation is 1. The van der Waals surface area contributed by atoms with Crippen LogP contribution in [0.15, 0.2) is 54.0 Å². The van der Waals surface area contributed by atoms with Crippen molar-refractivity contribution in [1.82, 2.24) is 40.3 Å². The Labute approximate surface area is 491 Å². The average molecular weight is 1190 g/mol. The lowest BCUT2D eigenvalue weighted by atomic mass is 9.85. The molecule has 4 atom stereocenters. The van der Waals surface area contributed by atoms with Gasteiger partial charge in [0.05, 0.1) is 77.5 Å². The van der Waals surface area contributed by atoms with Crippen LogP contribution in [0.1, 0.15) is 103 Å². The van der Waals surface area contributed by atoms with Crippen molar-refractivity contribution in [1.29, 1.82) is 0 Å². The van der Waals surface area contributed by atoms with Crippen LogP contribution in [0.3, 0.4) is 0 Å². The number of rotatable bonds is 23. The predicted octanol–water partition coefficient (Wildman–Crippen LogP) is 8.16. The number of carbonyl (C=O) groups excluding carboxylic acids is 5. The average Bonchev–Trinajstić information content (AvgIpc) is 2.55. The number of hydrogen-bond acceptors (Lipinski definition) is 16. The van der Waals surface area contributed by atoms with E-state index in [2.05, 4.69) is 25.9 Å². The fraction of sp³-hybridized carbons (Fsp3) is 0.525. The van der Waals surface area contributed by atoms with Gasteiger partial charge in [-0.05, 0) is 82.2 Å². The minimum atomic E-state index is -1.02. The van der Waals surface area contributed by atoms with E-state index in [-0.39, 0.29) is 117 Å². The molecule has 0 saturated carbocycles. The number of piperidine rings is 1. The lowest BCUT2D eigenvalue weighted by molar-refractivity contribution is -0.144. The smallest absolute Gasteiger partial charge is 0.410 e. The van der Waals surface area contributed by atoms with Gasteiger partial charge < -0.3 is 59.8 Å². The number of nitrogens with one attached hydrogen (secondary N) is 3. The van der Waals surface area contributed by atoms with Gasteiger partial charge in [-0.3, -0.25) is 19.2 Å². The molecule has 2 saturated heterocycles. The number of halogens is 3. The van der Waals surface area contributed by atoms with Crippen molar-refractivity contribution < 1.29 is 61.9 Å². The summed E-state index contributed by atoms with van der Waals surface area (Å²) >= 11 is 8.19. The number of ether oxygens (including phenoxy) is 4. The number of fused-ring (bicyclic) bond motifs is 1. The number of likely N-dealkylation sites (N-methyl/N-ethyl adjacent to an activating group) is 1. The van der Waals surface area contributed by atoms with E-state index in [9.17, 15) is 34.2 Å². The normalized spacial score (nSPS) is 16.6. The predicted molar refractivity (Wildman–Crippen MR) is 311 cm³/mol. The van der Waals surface area contributed by atoms with Gasteiger partial charge >= 0.3 is 6.09 Å². The van der Waals surface area contributed by atoms with Crippen LogP contribution in [-0.4, -0.2) is 173 Å². The molecule has 20 nitrogen and oxygen atoms in total. The molecule has 4 heterocycles. The summed E-state index contributed by atoms with van der Waals surface area (Å²) in [6.45, 7) is 16.0. The Morgan fingerprint density at radius 2 is 1.59 bits per heavy atom. The number of aliphatic hydroxyl groups is 1. The lowest BCUT2D eigenvalue weighted by Gasteiger charge is -2.35. The number of carbonyl (C=O) groups is 5. The highest BCUT2D eigenvalue weighted by atomic mass is 35.5. The summed E-state index contributed by atoms with van der Waals surface area (Å²) in [6.07, 6.45) is -0.370. The van der Waals surface area contributed by atoms with Crippen molar-refractivity contribution in [3.63, 3.8) is 0 Å². The number of nitrogens with zero attached hydrogens (tertiary/aromatic N) is 6. The van der Waals surface area contributed by atoms with Crippen molar-refractivity contribution in [3.05, 3.63) is 87.6 Å². The van der Waals surface area contributed by atoms with E-state index in [1.165, 1.54) is 28.0 Å². The molecule has 2 aliphatic rings. The second-order valence-corrected chi connectivity index (χ2v) is 24.2. The number of benzene rings is 3. The third-order valence-corrected chi connectivity index (χ3v) is 15.6. The Balaban J connectivity index is 0.820. The fourth-order valence-electron chi connectivity index (χ4n) is 9.88. The summed E-state index contributed by atoms with van der Waals surface area (Å²) in [6, 6.07) is 10.6. The van der Waals surface area contributed by atoms with Gasteiger partial charge in [-0.25, -0.2) is 28.5 Å². The van der Waals surface area contributed by atoms with Gasteiger partial charge in [-0.2, -0.15) is 0 Å². The topological polar surface area (TPSA) is 247 Å². The summed E-state index contributed by atoms with van der Waals surface area (Å²) in [4.78, 5) is 86.0. The molecular weight excluding hydrogens is 1120 g/mol. The van der Waals surface area contributed by atoms with E-state index in [0.29, 0.717) is 31.6 Å². The highest BCUT2D eigenvalue weighted by molar-refractivity contribution is 7.13. The van der Waals surface area contributed by atoms with Gasteiger partial charge in [0, 0.05) is 69.5 Å². The minimum Gasteiger partial charge on any atom is -0.507 e. The first-order valence-electron chi connectivity index (χ1n) is 27.8. The molecule has 2 aliphatic heterocycles. The zero-order valence-electron chi connectivity index (χ0n) is 48.5. The molecule has 2 aromatic heterocycles. The van der Waals surface area contributed by atoms with Gasteiger partial charge in [-0.1, -0.05) is 62.7 Å². The molecule has 24 heteroatoms. The number of amides is 5. The van der Waals surface area contributed by atoms with Crippen LogP contribution in [0.4, 0.5) is 19.5 Å². The van der Waals surface area contributed by atoms with Crippen LogP contribution in [0.5, 0.6) is 5.75 Å². The van der Waals surface area contributed by atoms with Crippen LogP contribution in [-0.2, 0) is 38.1 Å². The zero-order chi connectivity index (χ0) is 60.3. The molecule has 5 amide bonds. The maximum Gasteiger partial charge on any atom is 0.410 e. The first kappa shape index (κ1) is 63.9. The monoisotopic (exact) mass is 1190 g/mol. The quantitative estimate of drug-likeness (QED) is 0.0387. The SMILES string of the molecule is Cc1ncsc1-c1ccc([C@H](C)NC(=O)[C@@H]2C[C@@H](O)CN2C(=O)[C@@H](NC(=O)COCCOCCOCCN(C)C(=O)CCNc2nc(C3CCN(C(=O)OC(C)(C)C)CC3)c3cc(Cl)c(-c4c(O)cccc4F)c(F)c3n2)C(C)(C)C)cc1. The largest absolute Gasteiger partial charge is 0.507 e. The molecule has 450 valence electrons. The number of aliphatic hydroxyl groups excluding tert-OH is 1. The number of phenols is 1. The summed E-state index contributed by atoms with van der Waals surface area (Å²) in [5.74, 6) is -4.25. The van der Waals surface area contributed by atoms with E-state index in [4.69, 9.17) is 35.5 Å². The van der Waals surface area contributed by atoms with Gasteiger partial charge in [0.1, 0.15) is 41.4 Å². The van der Waals surface area contributed by atoms with Crippen LogP contribution in [0.25, 0.3) is 32.5 Å². The van der Waals surface area contributed by atoms with Gasteiger partial charge in [0.2, 0.25) is 29.6 Å². The first-order chi connectivity index (χ1) is 39.3. The second kappa shape index (κ2) is 28.3. The maximum atomic E-state index is 16.6.